The molecule has 0 radical (unpaired) electrons. The first kappa shape index (κ1) is 10.2. The number of carbonyl (C=O) groups excluding carboxylic acids is 1. The van der Waals surface area contributed by atoms with Gasteiger partial charge in [0.2, 0.25) is 0 Å². The molecule has 1 aromatic rings. The van der Waals surface area contributed by atoms with Gasteiger partial charge in [0, 0.05) is 11.6 Å². The molecular weight excluding hydrogens is 185 g/mol. The van der Waals surface area contributed by atoms with E-state index in [1.165, 1.54) is 14.0 Å². The number of halogens is 1. The molecule has 0 unspecified atom stereocenters. The van der Waals surface area contributed by atoms with Gasteiger partial charge in [0.15, 0.2) is 5.78 Å². The number of rotatable bonds is 2. The van der Waals surface area contributed by atoms with Crippen molar-refractivity contribution < 1.29 is 13.9 Å². The molecule has 0 saturated carbocycles. The van der Waals surface area contributed by atoms with Crippen molar-refractivity contribution >= 4 is 5.78 Å². The number of methoxy groups -OCH3 is 1. The van der Waals surface area contributed by atoms with Crippen LogP contribution < -0.4 is 4.74 Å². The molecule has 0 N–H and O–H groups in total. The number of nitriles is 1. The number of carbonyl (C=O) groups is 1. The Kier molecular flexibility index (Phi) is 2.82. The molecule has 0 aliphatic rings. The first-order chi connectivity index (χ1) is 6.60. The summed E-state index contributed by atoms with van der Waals surface area (Å²) in [6, 6.07) is 3.92. The van der Waals surface area contributed by atoms with Crippen molar-refractivity contribution in [3.05, 3.63) is 29.1 Å². The summed E-state index contributed by atoms with van der Waals surface area (Å²) in [5.74, 6) is -0.872. The topological polar surface area (TPSA) is 50.1 Å². The van der Waals surface area contributed by atoms with Crippen molar-refractivity contribution in [2.45, 2.75) is 6.92 Å². The highest BCUT2D eigenvalue weighted by Crippen LogP contribution is 2.23. The first-order valence-electron chi connectivity index (χ1n) is 3.88. The summed E-state index contributed by atoms with van der Waals surface area (Å²) in [6.45, 7) is 1.27. The third kappa shape index (κ3) is 1.72. The molecule has 0 atom stereocenters. The Morgan fingerprint density at radius 2 is 2.21 bits per heavy atom. The average molecular weight is 193 g/mol. The molecule has 0 heterocycles. The van der Waals surface area contributed by atoms with Crippen molar-refractivity contribution in [1.82, 2.24) is 0 Å². The number of ketones is 1. The van der Waals surface area contributed by atoms with E-state index in [0.29, 0.717) is 0 Å². The molecule has 0 aromatic heterocycles. The predicted octanol–water partition coefficient (Wildman–Crippen LogP) is 1.91. The SMILES string of the molecule is COc1cc(F)cc(C(C)=O)c1C#N. The minimum absolute atomic E-state index is 0.0457. The lowest BCUT2D eigenvalue weighted by Gasteiger charge is -2.05. The monoisotopic (exact) mass is 193 g/mol. The molecule has 0 aliphatic carbocycles. The molecule has 1 aromatic carbocycles. The van der Waals surface area contributed by atoms with E-state index in [2.05, 4.69) is 0 Å². The van der Waals surface area contributed by atoms with Gasteiger partial charge in [-0.05, 0) is 13.0 Å². The van der Waals surface area contributed by atoms with Crippen LogP contribution in [0.5, 0.6) is 5.75 Å². The Hall–Kier alpha value is -1.89. The first-order valence-corrected chi connectivity index (χ1v) is 3.88. The highest BCUT2D eigenvalue weighted by Gasteiger charge is 2.14. The van der Waals surface area contributed by atoms with Crippen LogP contribution in [0.1, 0.15) is 22.8 Å². The summed E-state index contributed by atoms with van der Waals surface area (Å²) in [7, 11) is 1.32. The van der Waals surface area contributed by atoms with Gasteiger partial charge < -0.3 is 4.74 Å². The molecule has 0 fully saturated rings. The fraction of sp³-hybridized carbons (Fsp3) is 0.200. The van der Waals surface area contributed by atoms with Gasteiger partial charge in [0.25, 0.3) is 0 Å². The van der Waals surface area contributed by atoms with Crippen LogP contribution in [0.4, 0.5) is 4.39 Å². The van der Waals surface area contributed by atoms with Gasteiger partial charge >= 0.3 is 0 Å². The zero-order valence-corrected chi connectivity index (χ0v) is 7.80. The fourth-order valence-electron chi connectivity index (χ4n) is 1.14. The van der Waals surface area contributed by atoms with E-state index in [1.807, 2.05) is 6.07 Å². The van der Waals surface area contributed by atoms with Crippen molar-refractivity contribution in [3.63, 3.8) is 0 Å². The van der Waals surface area contributed by atoms with E-state index >= 15 is 0 Å². The lowest BCUT2D eigenvalue weighted by Crippen LogP contribution is -2.01. The van der Waals surface area contributed by atoms with Crippen LogP contribution in [0.3, 0.4) is 0 Å². The summed E-state index contributed by atoms with van der Waals surface area (Å²) in [4.78, 5) is 11.1. The van der Waals surface area contributed by atoms with Gasteiger partial charge in [-0.2, -0.15) is 5.26 Å². The summed E-state index contributed by atoms with van der Waals surface area (Å²) in [6.07, 6.45) is 0. The Morgan fingerprint density at radius 3 is 2.64 bits per heavy atom. The lowest BCUT2D eigenvalue weighted by atomic mass is 10.0. The van der Waals surface area contributed by atoms with Gasteiger partial charge in [-0.25, -0.2) is 4.39 Å². The second-order valence-electron chi connectivity index (χ2n) is 2.70. The van der Waals surface area contributed by atoms with Gasteiger partial charge in [0.1, 0.15) is 23.2 Å². The van der Waals surface area contributed by atoms with E-state index in [9.17, 15) is 9.18 Å². The number of hydrogen-bond acceptors (Lipinski definition) is 3. The zero-order chi connectivity index (χ0) is 10.7. The Labute approximate surface area is 80.7 Å². The number of benzene rings is 1. The standard InChI is InChI=1S/C10H8FNO2/c1-6(13)8-3-7(11)4-10(14-2)9(8)5-12/h3-4H,1-2H3. The molecule has 3 nitrogen and oxygen atoms in total. The second kappa shape index (κ2) is 3.88. The predicted molar refractivity (Wildman–Crippen MR) is 47.7 cm³/mol. The van der Waals surface area contributed by atoms with Crippen molar-refractivity contribution in [3.8, 4) is 11.8 Å². The molecule has 0 aliphatic heterocycles. The number of nitrogens with zero attached hydrogens (tertiary/aromatic N) is 1. The summed E-state index contributed by atoms with van der Waals surface area (Å²) in [5.41, 5.74) is 0.116. The smallest absolute Gasteiger partial charge is 0.161 e. The van der Waals surface area contributed by atoms with Gasteiger partial charge in [-0.15, -0.1) is 0 Å². The van der Waals surface area contributed by atoms with E-state index < -0.39 is 5.82 Å². The zero-order valence-electron chi connectivity index (χ0n) is 7.80. The molecule has 1 rings (SSSR count). The van der Waals surface area contributed by atoms with Crippen molar-refractivity contribution in [1.29, 1.82) is 5.26 Å². The normalized spacial score (nSPS) is 9.29. The lowest BCUT2D eigenvalue weighted by molar-refractivity contribution is 0.101. The molecule has 14 heavy (non-hydrogen) atoms. The van der Waals surface area contributed by atoms with Crippen LogP contribution in [-0.4, -0.2) is 12.9 Å². The molecule has 72 valence electrons. The largest absolute Gasteiger partial charge is 0.495 e. The fourth-order valence-corrected chi connectivity index (χ4v) is 1.14. The number of Topliss-reactive ketones (excluding diaryl/α,β-unsaturated/α-hetero) is 1. The van der Waals surface area contributed by atoms with E-state index in [-0.39, 0.29) is 22.7 Å². The van der Waals surface area contributed by atoms with Gasteiger partial charge in [0.05, 0.1) is 7.11 Å². The van der Waals surface area contributed by atoms with Crippen LogP contribution in [0.2, 0.25) is 0 Å². The maximum atomic E-state index is 12.9. The van der Waals surface area contributed by atoms with Gasteiger partial charge in [-0.3, -0.25) is 4.79 Å². The molecule has 0 saturated heterocycles. The highest BCUT2D eigenvalue weighted by atomic mass is 19.1. The van der Waals surface area contributed by atoms with Crippen LogP contribution in [0, 0.1) is 17.1 Å². The maximum absolute atomic E-state index is 12.9. The molecule has 4 heteroatoms. The van der Waals surface area contributed by atoms with Crippen LogP contribution in [0.25, 0.3) is 0 Å². The van der Waals surface area contributed by atoms with Crippen LogP contribution >= 0.6 is 0 Å². The minimum atomic E-state index is -0.592. The van der Waals surface area contributed by atoms with E-state index in [1.54, 1.807) is 0 Å². The van der Waals surface area contributed by atoms with Crippen LogP contribution in [-0.2, 0) is 0 Å². The number of hydrogen-bond donors (Lipinski definition) is 0. The molecule has 0 bridgehead atoms. The minimum Gasteiger partial charge on any atom is -0.495 e. The quantitative estimate of drug-likeness (QED) is 0.674. The van der Waals surface area contributed by atoms with Gasteiger partial charge in [-0.1, -0.05) is 0 Å². The summed E-state index contributed by atoms with van der Waals surface area (Å²) >= 11 is 0. The third-order valence-corrected chi connectivity index (χ3v) is 1.78. The number of ether oxygens (including phenoxy) is 1. The Balaban J connectivity index is 3.49. The Morgan fingerprint density at radius 1 is 1.57 bits per heavy atom. The molecular formula is C10H8FNO2. The van der Waals surface area contributed by atoms with E-state index in [4.69, 9.17) is 10.00 Å². The molecule has 0 amide bonds. The van der Waals surface area contributed by atoms with Crippen molar-refractivity contribution in [2.24, 2.45) is 0 Å². The molecule has 0 spiro atoms. The maximum Gasteiger partial charge on any atom is 0.161 e. The Bertz CT molecular complexity index is 421. The highest BCUT2D eigenvalue weighted by molar-refractivity contribution is 5.97. The summed E-state index contributed by atoms with van der Waals surface area (Å²) in [5, 5.41) is 8.77. The summed E-state index contributed by atoms with van der Waals surface area (Å²) < 4.78 is 17.7. The third-order valence-electron chi connectivity index (χ3n) is 1.78. The second-order valence-corrected chi connectivity index (χ2v) is 2.70. The van der Waals surface area contributed by atoms with Crippen LogP contribution in [0.15, 0.2) is 12.1 Å². The van der Waals surface area contributed by atoms with E-state index in [0.717, 1.165) is 12.1 Å². The average Bonchev–Trinajstić information content (AvgIpc) is 2.16. The van der Waals surface area contributed by atoms with Crippen molar-refractivity contribution in [2.75, 3.05) is 7.11 Å².